The van der Waals surface area contributed by atoms with Gasteiger partial charge in [0.15, 0.2) is 5.78 Å². The Morgan fingerprint density at radius 3 is 2.19 bits per heavy atom. The van der Waals surface area contributed by atoms with Gasteiger partial charge in [0.2, 0.25) is 5.91 Å². The zero-order valence-corrected chi connectivity index (χ0v) is 12.2. The quantitative estimate of drug-likeness (QED) is 0.679. The number of anilines is 1. The summed E-state index contributed by atoms with van der Waals surface area (Å²) in [6, 6.07) is 14.0. The lowest BCUT2D eigenvalue weighted by Gasteiger charge is -2.01. The Morgan fingerprint density at radius 2 is 1.62 bits per heavy atom. The summed E-state index contributed by atoms with van der Waals surface area (Å²) in [6.07, 6.45) is 3.24. The van der Waals surface area contributed by atoms with Gasteiger partial charge in [0.25, 0.3) is 0 Å². The van der Waals surface area contributed by atoms with E-state index in [-0.39, 0.29) is 11.7 Å². The number of carbonyl (C=O) groups excluding carboxylic acids is 2. The number of hydrogen-bond donors (Lipinski definition) is 1. The summed E-state index contributed by atoms with van der Waals surface area (Å²) in [4.78, 5) is 22.9. The highest BCUT2D eigenvalue weighted by Crippen LogP contribution is 2.13. The first-order valence-corrected chi connectivity index (χ1v) is 6.78. The molecule has 0 unspecified atom stereocenters. The standard InChI is InChI=1S/C17H14ClNO2/c1-12(20)19-16-9-2-13(3-10-16)4-11-17(21)14-5-7-15(18)8-6-14/h2-11H,1H3,(H,19,20)/b11-4-. The van der Waals surface area contributed by atoms with Crippen LogP contribution < -0.4 is 5.32 Å². The molecule has 3 nitrogen and oxygen atoms in total. The average molecular weight is 300 g/mol. The molecule has 2 aromatic rings. The smallest absolute Gasteiger partial charge is 0.221 e. The molecule has 0 saturated heterocycles. The van der Waals surface area contributed by atoms with Crippen molar-refractivity contribution in [3.05, 3.63) is 70.8 Å². The fourth-order valence-electron chi connectivity index (χ4n) is 1.76. The van der Waals surface area contributed by atoms with Crippen molar-refractivity contribution in [1.29, 1.82) is 0 Å². The fourth-order valence-corrected chi connectivity index (χ4v) is 1.89. The molecular weight excluding hydrogens is 286 g/mol. The van der Waals surface area contributed by atoms with Crippen molar-refractivity contribution in [3.63, 3.8) is 0 Å². The highest BCUT2D eigenvalue weighted by atomic mass is 35.5. The number of ketones is 1. The monoisotopic (exact) mass is 299 g/mol. The predicted molar refractivity (Wildman–Crippen MR) is 85.6 cm³/mol. The van der Waals surface area contributed by atoms with Crippen molar-refractivity contribution in [2.45, 2.75) is 6.92 Å². The van der Waals surface area contributed by atoms with E-state index in [4.69, 9.17) is 11.6 Å². The first-order chi connectivity index (χ1) is 10.0. The molecule has 0 atom stereocenters. The third-order valence-electron chi connectivity index (χ3n) is 2.79. The normalized spacial score (nSPS) is 10.6. The minimum Gasteiger partial charge on any atom is -0.326 e. The molecule has 2 aromatic carbocycles. The zero-order valence-electron chi connectivity index (χ0n) is 11.5. The lowest BCUT2D eigenvalue weighted by Crippen LogP contribution is -2.05. The van der Waals surface area contributed by atoms with Gasteiger partial charge in [-0.25, -0.2) is 0 Å². The molecule has 0 fully saturated rings. The van der Waals surface area contributed by atoms with E-state index in [0.29, 0.717) is 10.6 Å². The summed E-state index contributed by atoms with van der Waals surface area (Å²) in [5.74, 6) is -0.200. The van der Waals surface area contributed by atoms with Crippen molar-refractivity contribution in [1.82, 2.24) is 0 Å². The second-order valence-corrected chi connectivity index (χ2v) is 4.94. The van der Waals surface area contributed by atoms with Crippen LogP contribution in [0.1, 0.15) is 22.8 Å². The first kappa shape index (κ1) is 15.0. The molecule has 0 aliphatic rings. The summed E-state index contributed by atoms with van der Waals surface area (Å²) in [6.45, 7) is 1.46. The summed E-state index contributed by atoms with van der Waals surface area (Å²) < 4.78 is 0. The molecule has 0 spiro atoms. The molecule has 1 amide bonds. The highest BCUT2D eigenvalue weighted by molar-refractivity contribution is 6.30. The molecule has 0 radical (unpaired) electrons. The Labute approximate surface area is 128 Å². The van der Waals surface area contributed by atoms with Gasteiger partial charge in [-0.05, 0) is 48.0 Å². The largest absolute Gasteiger partial charge is 0.326 e. The molecule has 2 rings (SSSR count). The van der Waals surface area contributed by atoms with Crippen LogP contribution in [-0.2, 0) is 4.79 Å². The number of amides is 1. The Bertz CT molecular complexity index is 673. The maximum absolute atomic E-state index is 12.0. The van der Waals surface area contributed by atoms with Crippen molar-refractivity contribution >= 4 is 35.1 Å². The van der Waals surface area contributed by atoms with Crippen molar-refractivity contribution in [2.24, 2.45) is 0 Å². The lowest BCUT2D eigenvalue weighted by molar-refractivity contribution is -0.114. The van der Waals surface area contributed by atoms with Crippen LogP contribution in [0.15, 0.2) is 54.6 Å². The van der Waals surface area contributed by atoms with E-state index < -0.39 is 0 Å². The van der Waals surface area contributed by atoms with E-state index >= 15 is 0 Å². The number of allylic oxidation sites excluding steroid dienone is 1. The van der Waals surface area contributed by atoms with Crippen molar-refractivity contribution in [3.8, 4) is 0 Å². The first-order valence-electron chi connectivity index (χ1n) is 6.40. The summed E-state index contributed by atoms with van der Waals surface area (Å²) in [5, 5.41) is 3.29. The highest BCUT2D eigenvalue weighted by Gasteiger charge is 2.01. The minimum absolute atomic E-state index is 0.0856. The van der Waals surface area contributed by atoms with Crippen LogP contribution in [0.4, 0.5) is 5.69 Å². The van der Waals surface area contributed by atoms with Crippen LogP contribution in [-0.4, -0.2) is 11.7 Å². The number of nitrogens with one attached hydrogen (secondary N) is 1. The lowest BCUT2D eigenvalue weighted by atomic mass is 10.1. The molecular formula is C17H14ClNO2. The number of rotatable bonds is 4. The van der Waals surface area contributed by atoms with E-state index in [1.54, 1.807) is 42.5 Å². The molecule has 106 valence electrons. The SMILES string of the molecule is CC(=O)Nc1ccc(/C=C\C(=O)c2ccc(Cl)cc2)cc1. The van der Waals surface area contributed by atoms with Gasteiger partial charge in [-0.3, -0.25) is 9.59 Å². The van der Waals surface area contributed by atoms with Crippen LogP contribution in [0.3, 0.4) is 0 Å². The van der Waals surface area contributed by atoms with Crippen molar-refractivity contribution in [2.75, 3.05) is 5.32 Å². The van der Waals surface area contributed by atoms with Gasteiger partial charge < -0.3 is 5.32 Å². The number of halogens is 1. The number of carbonyl (C=O) groups is 2. The van der Waals surface area contributed by atoms with Gasteiger partial charge in [-0.2, -0.15) is 0 Å². The van der Waals surface area contributed by atoms with Crippen LogP contribution in [0.2, 0.25) is 5.02 Å². The van der Waals surface area contributed by atoms with Crippen LogP contribution in [0.5, 0.6) is 0 Å². The predicted octanol–water partition coefficient (Wildman–Crippen LogP) is 4.19. The van der Waals surface area contributed by atoms with E-state index in [0.717, 1.165) is 11.3 Å². The third kappa shape index (κ3) is 4.58. The molecule has 0 saturated carbocycles. The van der Waals surface area contributed by atoms with Gasteiger partial charge in [-0.15, -0.1) is 0 Å². The van der Waals surface area contributed by atoms with Gasteiger partial charge in [0.05, 0.1) is 0 Å². The second-order valence-electron chi connectivity index (χ2n) is 4.51. The van der Waals surface area contributed by atoms with Gasteiger partial charge in [-0.1, -0.05) is 29.8 Å². The van der Waals surface area contributed by atoms with E-state index in [1.807, 2.05) is 12.1 Å². The summed E-state index contributed by atoms with van der Waals surface area (Å²) in [5.41, 5.74) is 2.20. The average Bonchev–Trinajstić information content (AvgIpc) is 2.46. The number of hydrogen-bond acceptors (Lipinski definition) is 2. The van der Waals surface area contributed by atoms with Crippen molar-refractivity contribution < 1.29 is 9.59 Å². The molecule has 0 heterocycles. The Morgan fingerprint density at radius 1 is 1.00 bits per heavy atom. The molecule has 4 heteroatoms. The molecule has 21 heavy (non-hydrogen) atoms. The van der Waals surface area contributed by atoms with E-state index in [2.05, 4.69) is 5.32 Å². The molecule has 0 aromatic heterocycles. The Hall–Kier alpha value is -2.39. The molecule has 0 aliphatic heterocycles. The van der Waals surface area contributed by atoms with Gasteiger partial charge in [0.1, 0.15) is 0 Å². The summed E-state index contributed by atoms with van der Waals surface area (Å²) in [7, 11) is 0. The minimum atomic E-state index is -0.115. The van der Waals surface area contributed by atoms with Crippen LogP contribution >= 0.6 is 11.6 Å². The van der Waals surface area contributed by atoms with E-state index in [9.17, 15) is 9.59 Å². The number of benzene rings is 2. The Kier molecular flexibility index (Phi) is 4.90. The topological polar surface area (TPSA) is 46.2 Å². The molecule has 0 bridgehead atoms. The van der Waals surface area contributed by atoms with E-state index in [1.165, 1.54) is 13.0 Å². The summed E-state index contributed by atoms with van der Waals surface area (Å²) >= 11 is 5.78. The zero-order chi connectivity index (χ0) is 15.2. The third-order valence-corrected chi connectivity index (χ3v) is 3.04. The molecule has 1 N–H and O–H groups in total. The Balaban J connectivity index is 2.05. The fraction of sp³-hybridized carbons (Fsp3) is 0.0588. The molecule has 0 aliphatic carbocycles. The second kappa shape index (κ2) is 6.86. The van der Waals surface area contributed by atoms with Gasteiger partial charge in [0, 0.05) is 23.2 Å². The maximum atomic E-state index is 12.0. The maximum Gasteiger partial charge on any atom is 0.221 e. The van der Waals surface area contributed by atoms with Crippen LogP contribution in [0, 0.1) is 0 Å². The van der Waals surface area contributed by atoms with Crippen LogP contribution in [0.25, 0.3) is 6.08 Å². The van der Waals surface area contributed by atoms with Gasteiger partial charge >= 0.3 is 0 Å².